The maximum absolute atomic E-state index is 12.4. The zero-order valence-corrected chi connectivity index (χ0v) is 16.6. The van der Waals surface area contributed by atoms with Gasteiger partial charge in [0.2, 0.25) is 0 Å². The summed E-state index contributed by atoms with van der Waals surface area (Å²) in [6.45, 7) is 7.89. The smallest absolute Gasteiger partial charge is 0.317 e. The molecule has 140 valence electrons. The van der Waals surface area contributed by atoms with Gasteiger partial charge in [-0.3, -0.25) is 0 Å². The number of amides is 2. The van der Waals surface area contributed by atoms with Crippen LogP contribution >= 0.6 is 11.3 Å². The molecule has 27 heavy (non-hydrogen) atoms. The summed E-state index contributed by atoms with van der Waals surface area (Å²) in [5.74, 6) is 0. The highest BCUT2D eigenvalue weighted by atomic mass is 32.1. The standard InChI is InChI=1S/C21H24N4OS/c1-15-8-9-18-19(16(15)2)23-21(27-18)25-12-10-24(11-13-25)20(26)22-14-17-6-4-3-5-7-17/h3-9H,10-14H2,1-2H3,(H,22,26). The lowest BCUT2D eigenvalue weighted by molar-refractivity contribution is 0.194. The number of carbonyl (C=O) groups excluding carboxylic acids is 1. The SMILES string of the molecule is Cc1ccc2sc(N3CCN(C(=O)NCc4ccccc4)CC3)nc2c1C. The number of carbonyl (C=O) groups is 1. The number of fused-ring (bicyclic) bond motifs is 1. The molecule has 1 aromatic heterocycles. The van der Waals surface area contributed by atoms with Gasteiger partial charge in [-0.15, -0.1) is 0 Å². The van der Waals surface area contributed by atoms with Crippen LogP contribution in [0.3, 0.4) is 0 Å². The number of hydrogen-bond donors (Lipinski definition) is 1. The molecule has 1 N–H and O–H groups in total. The first-order chi connectivity index (χ1) is 13.1. The van der Waals surface area contributed by atoms with Crippen LogP contribution in [0.2, 0.25) is 0 Å². The fourth-order valence-electron chi connectivity index (χ4n) is 3.34. The fraction of sp³-hybridized carbons (Fsp3) is 0.333. The van der Waals surface area contributed by atoms with Gasteiger partial charge in [-0.1, -0.05) is 47.7 Å². The first kappa shape index (κ1) is 17.8. The molecule has 2 heterocycles. The molecule has 5 nitrogen and oxygen atoms in total. The summed E-state index contributed by atoms with van der Waals surface area (Å²) in [6, 6.07) is 14.3. The second-order valence-electron chi connectivity index (χ2n) is 6.97. The predicted octanol–water partition coefficient (Wildman–Crippen LogP) is 3.94. The van der Waals surface area contributed by atoms with Gasteiger partial charge in [-0.2, -0.15) is 0 Å². The van der Waals surface area contributed by atoms with Crippen LogP contribution in [0.4, 0.5) is 9.93 Å². The lowest BCUT2D eigenvalue weighted by atomic mass is 10.1. The number of urea groups is 1. The highest BCUT2D eigenvalue weighted by molar-refractivity contribution is 7.22. The molecule has 1 saturated heterocycles. The Balaban J connectivity index is 1.36. The number of piperazine rings is 1. The monoisotopic (exact) mass is 380 g/mol. The van der Waals surface area contributed by atoms with Gasteiger partial charge in [0.15, 0.2) is 5.13 Å². The number of thiazole rings is 1. The van der Waals surface area contributed by atoms with E-state index in [0.717, 1.165) is 29.3 Å². The number of nitrogens with one attached hydrogen (secondary N) is 1. The molecular weight excluding hydrogens is 356 g/mol. The molecule has 0 radical (unpaired) electrons. The Morgan fingerprint density at radius 2 is 1.81 bits per heavy atom. The van der Waals surface area contributed by atoms with Crippen molar-refractivity contribution in [1.29, 1.82) is 0 Å². The topological polar surface area (TPSA) is 48.5 Å². The highest BCUT2D eigenvalue weighted by Crippen LogP contribution is 2.32. The Kier molecular flexibility index (Phi) is 4.99. The van der Waals surface area contributed by atoms with Crippen molar-refractivity contribution in [2.75, 3.05) is 31.1 Å². The van der Waals surface area contributed by atoms with Crippen molar-refractivity contribution in [1.82, 2.24) is 15.2 Å². The van der Waals surface area contributed by atoms with E-state index in [4.69, 9.17) is 4.98 Å². The van der Waals surface area contributed by atoms with Crippen LogP contribution in [0.5, 0.6) is 0 Å². The van der Waals surface area contributed by atoms with E-state index in [-0.39, 0.29) is 6.03 Å². The Hall–Kier alpha value is -2.60. The number of aromatic nitrogens is 1. The first-order valence-corrected chi connectivity index (χ1v) is 10.1. The van der Waals surface area contributed by atoms with Crippen molar-refractivity contribution in [2.45, 2.75) is 20.4 Å². The zero-order valence-electron chi connectivity index (χ0n) is 15.7. The van der Waals surface area contributed by atoms with E-state index in [1.807, 2.05) is 35.2 Å². The van der Waals surface area contributed by atoms with E-state index in [0.29, 0.717) is 19.6 Å². The van der Waals surface area contributed by atoms with Gasteiger partial charge in [0.1, 0.15) is 0 Å². The number of aryl methyl sites for hydroxylation is 2. The molecule has 2 aromatic carbocycles. The predicted molar refractivity (Wildman–Crippen MR) is 112 cm³/mol. The van der Waals surface area contributed by atoms with Gasteiger partial charge in [0.05, 0.1) is 10.2 Å². The maximum Gasteiger partial charge on any atom is 0.317 e. The Morgan fingerprint density at radius 3 is 2.56 bits per heavy atom. The normalized spacial score (nSPS) is 14.6. The van der Waals surface area contributed by atoms with Crippen LogP contribution in [0.15, 0.2) is 42.5 Å². The molecule has 0 spiro atoms. The summed E-state index contributed by atoms with van der Waals surface area (Å²) < 4.78 is 1.23. The third-order valence-electron chi connectivity index (χ3n) is 5.20. The van der Waals surface area contributed by atoms with E-state index in [9.17, 15) is 4.79 Å². The molecule has 6 heteroatoms. The van der Waals surface area contributed by atoms with Crippen LogP contribution in [0.1, 0.15) is 16.7 Å². The van der Waals surface area contributed by atoms with Crippen molar-refractivity contribution >= 4 is 32.7 Å². The number of rotatable bonds is 3. The summed E-state index contributed by atoms with van der Waals surface area (Å²) in [6.07, 6.45) is 0. The highest BCUT2D eigenvalue weighted by Gasteiger charge is 2.23. The molecule has 0 bridgehead atoms. The second-order valence-corrected chi connectivity index (χ2v) is 7.98. The molecule has 0 saturated carbocycles. The zero-order chi connectivity index (χ0) is 18.8. The van der Waals surface area contributed by atoms with E-state index < -0.39 is 0 Å². The number of anilines is 1. The molecule has 1 fully saturated rings. The van der Waals surface area contributed by atoms with E-state index in [1.165, 1.54) is 15.8 Å². The fourth-order valence-corrected chi connectivity index (χ4v) is 4.41. The summed E-state index contributed by atoms with van der Waals surface area (Å²) in [4.78, 5) is 21.5. The summed E-state index contributed by atoms with van der Waals surface area (Å²) in [5.41, 5.74) is 4.76. The molecule has 0 atom stereocenters. The van der Waals surface area contributed by atoms with Gasteiger partial charge in [-0.25, -0.2) is 9.78 Å². The van der Waals surface area contributed by atoms with Crippen LogP contribution in [-0.4, -0.2) is 42.1 Å². The van der Waals surface area contributed by atoms with Crippen LogP contribution in [0.25, 0.3) is 10.2 Å². The third kappa shape index (κ3) is 3.76. The van der Waals surface area contributed by atoms with Crippen molar-refractivity contribution in [2.24, 2.45) is 0 Å². The first-order valence-electron chi connectivity index (χ1n) is 9.30. The number of hydrogen-bond acceptors (Lipinski definition) is 4. The molecule has 4 rings (SSSR count). The number of nitrogens with zero attached hydrogens (tertiary/aromatic N) is 3. The Bertz CT molecular complexity index is 945. The third-order valence-corrected chi connectivity index (χ3v) is 6.28. The van der Waals surface area contributed by atoms with Gasteiger partial charge in [0, 0.05) is 32.7 Å². The number of benzene rings is 2. The molecular formula is C21H24N4OS. The van der Waals surface area contributed by atoms with Crippen molar-refractivity contribution in [3.05, 3.63) is 59.2 Å². The molecule has 3 aromatic rings. The quantitative estimate of drug-likeness (QED) is 0.749. The van der Waals surface area contributed by atoms with Crippen molar-refractivity contribution in [3.63, 3.8) is 0 Å². The van der Waals surface area contributed by atoms with Crippen molar-refractivity contribution < 1.29 is 4.79 Å². The van der Waals surface area contributed by atoms with Crippen LogP contribution in [0, 0.1) is 13.8 Å². The van der Waals surface area contributed by atoms with Crippen molar-refractivity contribution in [3.8, 4) is 0 Å². The summed E-state index contributed by atoms with van der Waals surface area (Å²) >= 11 is 1.74. The average molecular weight is 381 g/mol. The van der Waals surface area contributed by atoms with Gasteiger partial charge >= 0.3 is 6.03 Å². The van der Waals surface area contributed by atoms with E-state index in [2.05, 4.69) is 36.2 Å². The Labute approximate surface area is 163 Å². The second kappa shape index (κ2) is 7.56. The van der Waals surface area contributed by atoms with Gasteiger partial charge in [0.25, 0.3) is 0 Å². The molecule has 1 aliphatic rings. The lowest BCUT2D eigenvalue weighted by Crippen LogP contribution is -2.51. The summed E-state index contributed by atoms with van der Waals surface area (Å²) in [7, 11) is 0. The Morgan fingerprint density at radius 1 is 1.07 bits per heavy atom. The average Bonchev–Trinajstić information content (AvgIpc) is 3.15. The largest absolute Gasteiger partial charge is 0.345 e. The summed E-state index contributed by atoms with van der Waals surface area (Å²) in [5, 5.41) is 4.07. The molecule has 2 amide bonds. The van der Waals surface area contributed by atoms with Crippen LogP contribution in [-0.2, 0) is 6.54 Å². The van der Waals surface area contributed by atoms with Gasteiger partial charge in [-0.05, 0) is 36.6 Å². The van der Waals surface area contributed by atoms with E-state index in [1.54, 1.807) is 11.3 Å². The lowest BCUT2D eigenvalue weighted by Gasteiger charge is -2.34. The van der Waals surface area contributed by atoms with Gasteiger partial charge < -0.3 is 15.1 Å². The maximum atomic E-state index is 12.4. The van der Waals surface area contributed by atoms with Crippen LogP contribution < -0.4 is 10.2 Å². The minimum absolute atomic E-state index is 0.00859. The molecule has 1 aliphatic heterocycles. The molecule has 0 unspecified atom stereocenters. The molecule has 0 aliphatic carbocycles. The van der Waals surface area contributed by atoms with E-state index >= 15 is 0 Å². The minimum atomic E-state index is 0.00859. The minimum Gasteiger partial charge on any atom is -0.345 e.